The zero-order valence-electron chi connectivity index (χ0n) is 13.1. The lowest BCUT2D eigenvalue weighted by molar-refractivity contribution is -0.123. The van der Waals surface area contributed by atoms with E-state index in [-0.39, 0.29) is 28.7 Å². The molecule has 0 aliphatic carbocycles. The Balaban J connectivity index is 2.38. The third-order valence-electron chi connectivity index (χ3n) is 3.00. The molecule has 0 atom stereocenters. The van der Waals surface area contributed by atoms with Crippen LogP contribution in [-0.2, 0) is 11.3 Å². The fraction of sp³-hybridized carbons (Fsp3) is 0.375. The Bertz CT molecular complexity index is 739. The maximum Gasteiger partial charge on any atom is 0.308 e. The van der Waals surface area contributed by atoms with Gasteiger partial charge >= 0.3 is 4.87 Å². The predicted molar refractivity (Wildman–Crippen MR) is 86.6 cm³/mol. The Morgan fingerprint density at radius 3 is 2.41 bits per heavy atom. The third kappa shape index (κ3) is 3.82. The van der Waals surface area contributed by atoms with Crippen molar-refractivity contribution in [3.05, 3.63) is 44.6 Å². The van der Waals surface area contributed by atoms with Gasteiger partial charge in [-0.15, -0.1) is 0 Å². The zero-order chi connectivity index (χ0) is 16.5. The summed E-state index contributed by atoms with van der Waals surface area (Å²) < 4.78 is 14.5. The van der Waals surface area contributed by atoms with E-state index < -0.39 is 0 Å². The molecular weight excluding hydrogens is 303 g/mol. The summed E-state index contributed by atoms with van der Waals surface area (Å²) in [4.78, 5) is 24.8. The molecule has 4 nitrogen and oxygen atoms in total. The quantitative estimate of drug-likeness (QED) is 0.944. The van der Waals surface area contributed by atoms with Gasteiger partial charge in [-0.3, -0.25) is 14.2 Å². The number of nitrogens with zero attached hydrogens (tertiary/aromatic N) is 1. The summed E-state index contributed by atoms with van der Waals surface area (Å²) in [6.07, 6.45) is 0. The minimum Gasteiger partial charge on any atom is -0.350 e. The molecule has 1 heterocycles. The Morgan fingerprint density at radius 2 is 1.86 bits per heavy atom. The predicted octanol–water partition coefficient (Wildman–Crippen LogP) is 2.94. The summed E-state index contributed by atoms with van der Waals surface area (Å²) in [6.45, 7) is 7.42. The molecule has 1 aromatic carbocycles. The number of amides is 1. The summed E-state index contributed by atoms with van der Waals surface area (Å²) in [7, 11) is 0. The molecule has 1 amide bonds. The van der Waals surface area contributed by atoms with E-state index in [9.17, 15) is 14.0 Å². The summed E-state index contributed by atoms with van der Waals surface area (Å²) in [5.74, 6) is -0.563. The van der Waals surface area contributed by atoms with Crippen LogP contribution in [-0.4, -0.2) is 16.0 Å². The van der Waals surface area contributed by atoms with Crippen LogP contribution in [0.2, 0.25) is 0 Å². The van der Waals surface area contributed by atoms with E-state index in [1.54, 1.807) is 12.1 Å². The highest BCUT2D eigenvalue weighted by Gasteiger charge is 2.19. The monoisotopic (exact) mass is 322 g/mol. The lowest BCUT2D eigenvalue weighted by atomic mass is 10.1. The Morgan fingerprint density at radius 1 is 1.27 bits per heavy atom. The molecule has 0 unspecified atom stereocenters. The van der Waals surface area contributed by atoms with Crippen LogP contribution in [0.15, 0.2) is 29.1 Å². The highest BCUT2D eigenvalue weighted by molar-refractivity contribution is 7.09. The Hall–Kier alpha value is -1.95. The van der Waals surface area contributed by atoms with Gasteiger partial charge in [-0.2, -0.15) is 0 Å². The maximum atomic E-state index is 13.1. The fourth-order valence-electron chi connectivity index (χ4n) is 2.23. The number of thiazole rings is 1. The van der Waals surface area contributed by atoms with Crippen molar-refractivity contribution in [3.8, 4) is 11.3 Å². The first kappa shape index (κ1) is 16.4. The van der Waals surface area contributed by atoms with Gasteiger partial charge in [0.25, 0.3) is 0 Å². The Labute approximate surface area is 132 Å². The van der Waals surface area contributed by atoms with Crippen LogP contribution >= 0.6 is 11.3 Å². The number of benzene rings is 1. The minimum absolute atomic E-state index is 0.0485. The SMILES string of the molecule is Cc1sc(=O)n(CC(=O)NC(C)(C)C)c1-c1ccc(F)cc1. The maximum absolute atomic E-state index is 13.1. The van der Waals surface area contributed by atoms with Gasteiger partial charge in [-0.1, -0.05) is 11.3 Å². The summed E-state index contributed by atoms with van der Waals surface area (Å²) in [6, 6.07) is 5.91. The largest absolute Gasteiger partial charge is 0.350 e. The van der Waals surface area contributed by atoms with Gasteiger partial charge in [-0.25, -0.2) is 4.39 Å². The molecule has 2 aromatic rings. The summed E-state index contributed by atoms with van der Waals surface area (Å²) in [5.41, 5.74) is 1.03. The van der Waals surface area contributed by atoms with Crippen molar-refractivity contribution in [2.75, 3.05) is 0 Å². The van der Waals surface area contributed by atoms with Crippen LogP contribution < -0.4 is 10.2 Å². The average molecular weight is 322 g/mol. The molecule has 0 saturated heterocycles. The number of hydrogen-bond donors (Lipinski definition) is 1. The molecule has 118 valence electrons. The smallest absolute Gasteiger partial charge is 0.308 e. The van der Waals surface area contributed by atoms with Crippen molar-refractivity contribution in [1.82, 2.24) is 9.88 Å². The molecule has 0 bridgehead atoms. The number of carbonyl (C=O) groups is 1. The van der Waals surface area contributed by atoms with Crippen molar-refractivity contribution in [1.29, 1.82) is 0 Å². The lowest BCUT2D eigenvalue weighted by Gasteiger charge is -2.21. The van der Waals surface area contributed by atoms with E-state index in [1.807, 2.05) is 27.7 Å². The number of aromatic nitrogens is 1. The first-order valence-electron chi connectivity index (χ1n) is 6.94. The molecule has 0 aliphatic heterocycles. The van der Waals surface area contributed by atoms with Crippen LogP contribution in [0.1, 0.15) is 25.6 Å². The van der Waals surface area contributed by atoms with Gasteiger partial charge in [0.2, 0.25) is 5.91 Å². The van der Waals surface area contributed by atoms with E-state index >= 15 is 0 Å². The number of rotatable bonds is 3. The van der Waals surface area contributed by atoms with Crippen LogP contribution in [0.25, 0.3) is 11.3 Å². The van der Waals surface area contributed by atoms with Crippen molar-refractivity contribution < 1.29 is 9.18 Å². The molecule has 0 fully saturated rings. The van der Waals surface area contributed by atoms with Gasteiger partial charge in [0.1, 0.15) is 12.4 Å². The molecule has 0 aliphatic rings. The first-order valence-corrected chi connectivity index (χ1v) is 7.76. The topological polar surface area (TPSA) is 51.1 Å². The molecule has 0 radical (unpaired) electrons. The molecule has 0 spiro atoms. The first-order chi connectivity index (χ1) is 10.2. The number of aryl methyl sites for hydroxylation is 1. The van der Waals surface area contributed by atoms with E-state index in [4.69, 9.17) is 0 Å². The van der Waals surface area contributed by atoms with Crippen molar-refractivity contribution in [3.63, 3.8) is 0 Å². The van der Waals surface area contributed by atoms with E-state index in [2.05, 4.69) is 5.32 Å². The molecule has 1 aromatic heterocycles. The molecule has 2 rings (SSSR count). The van der Waals surface area contributed by atoms with Crippen molar-refractivity contribution in [2.45, 2.75) is 39.8 Å². The van der Waals surface area contributed by atoms with Gasteiger partial charge in [0.15, 0.2) is 0 Å². The third-order valence-corrected chi connectivity index (χ3v) is 3.89. The lowest BCUT2D eigenvalue weighted by Crippen LogP contribution is -2.43. The van der Waals surface area contributed by atoms with Gasteiger partial charge < -0.3 is 5.32 Å². The normalized spacial score (nSPS) is 11.5. The number of nitrogens with one attached hydrogen (secondary N) is 1. The molecule has 6 heteroatoms. The molecule has 0 saturated carbocycles. The fourth-order valence-corrected chi connectivity index (χ4v) is 3.08. The summed E-state index contributed by atoms with van der Waals surface area (Å²) >= 11 is 1.09. The molecule has 22 heavy (non-hydrogen) atoms. The van der Waals surface area contributed by atoms with Crippen LogP contribution in [0.3, 0.4) is 0 Å². The van der Waals surface area contributed by atoms with E-state index in [0.29, 0.717) is 5.69 Å². The van der Waals surface area contributed by atoms with Crippen LogP contribution in [0, 0.1) is 12.7 Å². The standard InChI is InChI=1S/C16H19FN2O2S/c1-10-14(11-5-7-12(17)8-6-11)19(15(21)22-10)9-13(20)18-16(2,3)4/h5-8H,9H2,1-4H3,(H,18,20). The van der Waals surface area contributed by atoms with Crippen molar-refractivity contribution in [2.24, 2.45) is 0 Å². The Kier molecular flexibility index (Phi) is 4.51. The van der Waals surface area contributed by atoms with Crippen molar-refractivity contribution >= 4 is 17.2 Å². The zero-order valence-corrected chi connectivity index (χ0v) is 13.9. The number of carbonyl (C=O) groups excluding carboxylic acids is 1. The van der Waals surface area contributed by atoms with E-state index in [0.717, 1.165) is 21.8 Å². The summed E-state index contributed by atoms with van der Waals surface area (Å²) in [5, 5.41) is 2.84. The number of hydrogen-bond acceptors (Lipinski definition) is 3. The second kappa shape index (κ2) is 6.04. The number of halogens is 1. The molecular formula is C16H19FN2O2S. The van der Waals surface area contributed by atoms with Crippen LogP contribution in [0.5, 0.6) is 0 Å². The second-order valence-electron chi connectivity index (χ2n) is 6.16. The van der Waals surface area contributed by atoms with Gasteiger partial charge in [0, 0.05) is 10.4 Å². The second-order valence-corrected chi connectivity index (χ2v) is 7.33. The van der Waals surface area contributed by atoms with Gasteiger partial charge in [0.05, 0.1) is 5.69 Å². The minimum atomic E-state index is -0.359. The van der Waals surface area contributed by atoms with Gasteiger partial charge in [-0.05, 0) is 57.5 Å². The molecule has 1 N–H and O–H groups in total. The highest BCUT2D eigenvalue weighted by Crippen LogP contribution is 2.25. The van der Waals surface area contributed by atoms with E-state index in [1.165, 1.54) is 16.7 Å². The van der Waals surface area contributed by atoms with Crippen LogP contribution in [0.4, 0.5) is 4.39 Å². The highest BCUT2D eigenvalue weighted by atomic mass is 32.1. The average Bonchev–Trinajstić information content (AvgIpc) is 2.63.